The van der Waals surface area contributed by atoms with Crippen molar-refractivity contribution in [2.75, 3.05) is 6.79 Å². The van der Waals surface area contributed by atoms with Crippen LogP contribution in [0, 0.1) is 0 Å². The summed E-state index contributed by atoms with van der Waals surface area (Å²) in [5.41, 5.74) is 3.26. The van der Waals surface area contributed by atoms with Crippen molar-refractivity contribution < 1.29 is 19.0 Å². The summed E-state index contributed by atoms with van der Waals surface area (Å²) in [5.74, 6) is 1.54. The Morgan fingerprint density at radius 1 is 1.12 bits per heavy atom. The van der Waals surface area contributed by atoms with Gasteiger partial charge in [-0.05, 0) is 49.1 Å². The summed E-state index contributed by atoms with van der Waals surface area (Å²) in [7, 11) is 0. The van der Waals surface area contributed by atoms with E-state index in [0.29, 0.717) is 26.0 Å². The Balaban J connectivity index is 1.48. The molecule has 1 aliphatic rings. The molecule has 0 spiro atoms. The predicted molar refractivity (Wildman–Crippen MR) is 99.1 cm³/mol. The highest BCUT2D eigenvalue weighted by Gasteiger charge is 2.13. The van der Waals surface area contributed by atoms with E-state index in [1.54, 1.807) is 0 Å². The van der Waals surface area contributed by atoms with E-state index in [0.717, 1.165) is 28.2 Å². The van der Waals surface area contributed by atoms with Crippen molar-refractivity contribution in [3.63, 3.8) is 0 Å². The fourth-order valence-corrected chi connectivity index (χ4v) is 2.76. The number of aryl methyl sites for hydroxylation is 1. The van der Waals surface area contributed by atoms with Crippen LogP contribution < -0.4 is 14.8 Å². The molecule has 0 bridgehead atoms. The van der Waals surface area contributed by atoms with Crippen molar-refractivity contribution in [1.82, 2.24) is 5.32 Å². The average Bonchev–Trinajstić information content (AvgIpc) is 3.11. The van der Waals surface area contributed by atoms with E-state index < -0.39 is 0 Å². The lowest BCUT2D eigenvalue weighted by molar-refractivity contribution is -0.121. The fourth-order valence-electron chi connectivity index (χ4n) is 2.76. The van der Waals surface area contributed by atoms with Crippen LogP contribution in [0.25, 0.3) is 0 Å². The molecule has 26 heavy (non-hydrogen) atoms. The van der Waals surface area contributed by atoms with Gasteiger partial charge in [0.2, 0.25) is 12.7 Å². The average molecular weight is 355 g/mol. The number of hydrogen-bond donors (Lipinski definition) is 1. The molecule has 3 rings (SSSR count). The molecule has 0 atom stereocenters. The minimum absolute atomic E-state index is 0.0299. The van der Waals surface area contributed by atoms with Crippen molar-refractivity contribution in [1.29, 1.82) is 0 Å². The molecule has 1 amide bonds. The van der Waals surface area contributed by atoms with E-state index in [1.807, 2.05) is 56.3 Å². The lowest BCUT2D eigenvalue weighted by atomic mass is 10.1. The normalized spacial score (nSPS) is 12.4. The topological polar surface area (TPSA) is 56.8 Å². The Kier molecular flexibility index (Phi) is 6.12. The molecular formula is C21H25NO4. The van der Waals surface area contributed by atoms with Crippen LogP contribution in [0.2, 0.25) is 0 Å². The van der Waals surface area contributed by atoms with Crippen LogP contribution in [0.15, 0.2) is 42.5 Å². The molecule has 2 aromatic rings. The highest BCUT2D eigenvalue weighted by molar-refractivity contribution is 5.76. The molecule has 5 nitrogen and oxygen atoms in total. The van der Waals surface area contributed by atoms with Crippen LogP contribution in [0.1, 0.15) is 37.0 Å². The lowest BCUT2D eigenvalue weighted by Crippen LogP contribution is -2.23. The van der Waals surface area contributed by atoms with Crippen molar-refractivity contribution >= 4 is 5.91 Å². The largest absolute Gasteiger partial charge is 0.454 e. The molecule has 1 heterocycles. The first-order chi connectivity index (χ1) is 12.6. The van der Waals surface area contributed by atoms with Gasteiger partial charge in [-0.1, -0.05) is 30.3 Å². The third-order valence-electron chi connectivity index (χ3n) is 4.24. The van der Waals surface area contributed by atoms with Gasteiger partial charge in [-0.2, -0.15) is 0 Å². The molecule has 1 aliphatic heterocycles. The molecule has 0 aliphatic carbocycles. The summed E-state index contributed by atoms with van der Waals surface area (Å²) in [5, 5.41) is 3.00. The summed E-state index contributed by atoms with van der Waals surface area (Å²) in [6.07, 6.45) is 1.28. The summed E-state index contributed by atoms with van der Waals surface area (Å²) in [6, 6.07) is 13.8. The zero-order valence-electron chi connectivity index (χ0n) is 15.3. The number of fused-ring (bicyclic) bond motifs is 1. The van der Waals surface area contributed by atoms with Crippen LogP contribution in [0.4, 0.5) is 0 Å². The van der Waals surface area contributed by atoms with Gasteiger partial charge in [-0.15, -0.1) is 0 Å². The van der Waals surface area contributed by atoms with Crippen LogP contribution in [0.5, 0.6) is 11.5 Å². The molecule has 0 radical (unpaired) electrons. The molecule has 5 heteroatoms. The lowest BCUT2D eigenvalue weighted by Gasteiger charge is -2.13. The van der Waals surface area contributed by atoms with Crippen molar-refractivity contribution in [3.8, 4) is 11.5 Å². The van der Waals surface area contributed by atoms with E-state index in [1.165, 1.54) is 0 Å². The monoisotopic (exact) mass is 355 g/mol. The number of benzene rings is 2. The van der Waals surface area contributed by atoms with Crippen molar-refractivity contribution in [3.05, 3.63) is 59.2 Å². The van der Waals surface area contributed by atoms with E-state index in [2.05, 4.69) is 5.32 Å². The van der Waals surface area contributed by atoms with E-state index >= 15 is 0 Å². The summed E-state index contributed by atoms with van der Waals surface area (Å²) in [4.78, 5) is 12.2. The zero-order chi connectivity index (χ0) is 18.4. The number of amides is 1. The fraction of sp³-hybridized carbons (Fsp3) is 0.381. The maximum absolute atomic E-state index is 12.2. The van der Waals surface area contributed by atoms with Crippen LogP contribution in [0.3, 0.4) is 0 Å². The van der Waals surface area contributed by atoms with Crippen molar-refractivity contribution in [2.45, 2.75) is 45.9 Å². The third kappa shape index (κ3) is 4.99. The number of carbonyl (C=O) groups excluding carboxylic acids is 1. The molecule has 0 saturated carbocycles. The smallest absolute Gasteiger partial charge is 0.231 e. The second kappa shape index (κ2) is 8.72. The Labute approximate surface area is 154 Å². The zero-order valence-corrected chi connectivity index (χ0v) is 15.3. The third-order valence-corrected chi connectivity index (χ3v) is 4.24. The van der Waals surface area contributed by atoms with E-state index in [-0.39, 0.29) is 18.8 Å². The molecule has 1 N–H and O–H groups in total. The number of hydrogen-bond acceptors (Lipinski definition) is 4. The summed E-state index contributed by atoms with van der Waals surface area (Å²) in [6.45, 7) is 5.36. The molecule has 0 fully saturated rings. The molecular weight excluding hydrogens is 330 g/mol. The summed E-state index contributed by atoms with van der Waals surface area (Å²) < 4.78 is 16.4. The number of ether oxygens (including phenoxy) is 3. The Morgan fingerprint density at radius 3 is 2.69 bits per heavy atom. The Hall–Kier alpha value is -2.53. The molecule has 2 aromatic carbocycles. The van der Waals surface area contributed by atoms with Gasteiger partial charge in [0.1, 0.15) is 0 Å². The SMILES string of the molecule is CC(C)OCc1ccccc1CNC(=O)CCc1ccc2c(c1)OCO2. The van der Waals surface area contributed by atoms with Gasteiger partial charge in [-0.25, -0.2) is 0 Å². The number of nitrogens with one attached hydrogen (secondary N) is 1. The second-order valence-corrected chi connectivity index (χ2v) is 6.59. The first-order valence-electron chi connectivity index (χ1n) is 8.95. The van der Waals surface area contributed by atoms with E-state index in [9.17, 15) is 4.79 Å². The maximum Gasteiger partial charge on any atom is 0.231 e. The van der Waals surface area contributed by atoms with Gasteiger partial charge in [0.25, 0.3) is 0 Å². The maximum atomic E-state index is 12.2. The van der Waals surface area contributed by atoms with Crippen LogP contribution in [-0.2, 0) is 29.1 Å². The first-order valence-corrected chi connectivity index (χ1v) is 8.95. The van der Waals surface area contributed by atoms with Gasteiger partial charge < -0.3 is 19.5 Å². The minimum atomic E-state index is 0.0299. The molecule has 0 unspecified atom stereocenters. The quantitative estimate of drug-likeness (QED) is 0.786. The summed E-state index contributed by atoms with van der Waals surface area (Å²) >= 11 is 0. The predicted octanol–water partition coefficient (Wildman–Crippen LogP) is 3.59. The van der Waals surface area contributed by atoms with E-state index in [4.69, 9.17) is 14.2 Å². The standard InChI is InChI=1S/C21H25NO4/c1-15(2)24-13-18-6-4-3-5-17(18)12-22-21(23)10-8-16-7-9-19-20(11-16)26-14-25-19/h3-7,9,11,15H,8,10,12-14H2,1-2H3,(H,22,23). The Bertz CT molecular complexity index is 757. The molecule has 138 valence electrons. The van der Waals surface area contributed by atoms with Gasteiger partial charge in [0, 0.05) is 13.0 Å². The van der Waals surface area contributed by atoms with Crippen LogP contribution in [-0.4, -0.2) is 18.8 Å². The first kappa shape index (κ1) is 18.3. The number of rotatable bonds is 8. The molecule has 0 saturated heterocycles. The highest BCUT2D eigenvalue weighted by Crippen LogP contribution is 2.32. The Morgan fingerprint density at radius 2 is 1.88 bits per heavy atom. The van der Waals surface area contributed by atoms with Gasteiger partial charge in [0.15, 0.2) is 11.5 Å². The second-order valence-electron chi connectivity index (χ2n) is 6.59. The van der Waals surface area contributed by atoms with Crippen molar-refractivity contribution in [2.24, 2.45) is 0 Å². The van der Waals surface area contributed by atoms with Gasteiger partial charge in [0.05, 0.1) is 12.7 Å². The van der Waals surface area contributed by atoms with Gasteiger partial charge >= 0.3 is 0 Å². The number of carbonyl (C=O) groups is 1. The molecule has 0 aromatic heterocycles. The minimum Gasteiger partial charge on any atom is -0.454 e. The van der Waals surface area contributed by atoms with Crippen LogP contribution >= 0.6 is 0 Å². The highest BCUT2D eigenvalue weighted by atomic mass is 16.7. The van der Waals surface area contributed by atoms with Gasteiger partial charge in [-0.3, -0.25) is 4.79 Å².